The van der Waals surface area contributed by atoms with E-state index in [1.165, 1.54) is 35.3 Å². The van der Waals surface area contributed by atoms with Crippen molar-refractivity contribution in [3.05, 3.63) is 32.4 Å². The maximum atomic E-state index is 13.1. The summed E-state index contributed by atoms with van der Waals surface area (Å²) in [6.45, 7) is 0. The Morgan fingerprint density at radius 1 is 1.48 bits per heavy atom. The molecule has 0 spiro atoms. The standard InChI is InChI=1S/C16H16ClN7O7S2/c1-23-15(19-21-22-23)33-5-6-4-32-14-16(30-2,13(29)24(14)10(6)12(27)28)18-8(25)3-7-9(17)11(26)20-31-7/h14H,3-5H2,1-2H3,(H,18,25)(H,20,26)(H,27,28)/t14-,16-/m0/s1. The Balaban J connectivity index is 1.53. The number of hydrogen-bond donors (Lipinski definition) is 3. The number of ether oxygens (including phenoxy) is 1. The van der Waals surface area contributed by atoms with Gasteiger partial charge in [-0.05, 0) is 16.0 Å². The van der Waals surface area contributed by atoms with E-state index < -0.39 is 40.9 Å². The quantitative estimate of drug-likeness (QED) is 0.225. The first kappa shape index (κ1) is 23.3. The number of thioether (sulfide) groups is 2. The first-order valence-electron chi connectivity index (χ1n) is 9.17. The third kappa shape index (κ3) is 3.92. The molecule has 17 heteroatoms. The first-order valence-corrected chi connectivity index (χ1v) is 11.6. The van der Waals surface area contributed by atoms with Crippen LogP contribution in [0.4, 0.5) is 0 Å². The van der Waals surface area contributed by atoms with Crippen LogP contribution in [0.1, 0.15) is 5.76 Å². The lowest BCUT2D eigenvalue weighted by molar-refractivity contribution is -0.192. The molecule has 2 amide bonds. The monoisotopic (exact) mass is 517 g/mol. The van der Waals surface area contributed by atoms with Crippen molar-refractivity contribution < 1.29 is 28.8 Å². The zero-order valence-electron chi connectivity index (χ0n) is 17.0. The molecule has 2 aliphatic rings. The number of carboxylic acids is 1. The van der Waals surface area contributed by atoms with E-state index in [0.29, 0.717) is 10.7 Å². The summed E-state index contributed by atoms with van der Waals surface area (Å²) < 4.78 is 11.7. The second kappa shape index (κ2) is 8.85. The fourth-order valence-electron chi connectivity index (χ4n) is 3.38. The van der Waals surface area contributed by atoms with Gasteiger partial charge in [0.15, 0.2) is 5.76 Å². The van der Waals surface area contributed by atoms with E-state index in [9.17, 15) is 24.3 Å². The number of nitrogens with one attached hydrogen (secondary N) is 2. The Morgan fingerprint density at radius 2 is 2.24 bits per heavy atom. The third-order valence-electron chi connectivity index (χ3n) is 4.95. The van der Waals surface area contributed by atoms with Crippen molar-refractivity contribution in [3.63, 3.8) is 0 Å². The summed E-state index contributed by atoms with van der Waals surface area (Å²) in [6, 6.07) is 0. The number of nitrogens with zero attached hydrogens (tertiary/aromatic N) is 5. The number of carbonyl (C=O) groups is 3. The minimum atomic E-state index is -1.78. The number of fused-ring (bicyclic) bond motifs is 1. The highest BCUT2D eigenvalue weighted by Crippen LogP contribution is 2.47. The molecule has 2 aliphatic heterocycles. The zero-order chi connectivity index (χ0) is 23.9. The van der Waals surface area contributed by atoms with Gasteiger partial charge in [-0.2, -0.15) is 5.16 Å². The van der Waals surface area contributed by atoms with Gasteiger partial charge in [-0.15, -0.1) is 16.9 Å². The Bertz CT molecular complexity index is 1220. The summed E-state index contributed by atoms with van der Waals surface area (Å²) in [5.74, 6) is -2.30. The highest BCUT2D eigenvalue weighted by Gasteiger charge is 2.66. The molecule has 0 aliphatic carbocycles. The minimum absolute atomic E-state index is 0.103. The molecule has 2 aromatic heterocycles. The van der Waals surface area contributed by atoms with Crippen molar-refractivity contribution in [1.29, 1.82) is 0 Å². The van der Waals surface area contributed by atoms with Crippen LogP contribution in [0.2, 0.25) is 5.02 Å². The van der Waals surface area contributed by atoms with Crippen molar-refractivity contribution >= 4 is 52.9 Å². The molecule has 4 rings (SSSR count). The number of tetrazole rings is 1. The van der Waals surface area contributed by atoms with Crippen LogP contribution < -0.4 is 10.9 Å². The second-order valence-electron chi connectivity index (χ2n) is 6.90. The van der Waals surface area contributed by atoms with Gasteiger partial charge in [0.2, 0.25) is 11.1 Å². The van der Waals surface area contributed by atoms with E-state index in [1.54, 1.807) is 7.05 Å². The van der Waals surface area contributed by atoms with E-state index in [0.717, 1.165) is 4.90 Å². The average Bonchev–Trinajstić information content (AvgIpc) is 3.34. The molecule has 33 heavy (non-hydrogen) atoms. The van der Waals surface area contributed by atoms with Crippen LogP contribution in [0, 0.1) is 0 Å². The molecule has 0 unspecified atom stereocenters. The Hall–Kier alpha value is -2.82. The van der Waals surface area contributed by atoms with Crippen LogP contribution >= 0.6 is 35.1 Å². The van der Waals surface area contributed by atoms with Crippen molar-refractivity contribution in [2.45, 2.75) is 22.7 Å². The van der Waals surface area contributed by atoms with E-state index in [4.69, 9.17) is 20.9 Å². The van der Waals surface area contributed by atoms with E-state index in [1.807, 2.05) is 5.16 Å². The highest BCUT2D eigenvalue weighted by molar-refractivity contribution is 8.01. The maximum absolute atomic E-state index is 13.1. The number of aromatic amines is 1. The van der Waals surface area contributed by atoms with Gasteiger partial charge in [-0.25, -0.2) is 9.48 Å². The summed E-state index contributed by atoms with van der Waals surface area (Å²) >= 11 is 8.25. The largest absolute Gasteiger partial charge is 0.477 e. The lowest BCUT2D eigenvalue weighted by atomic mass is 9.98. The van der Waals surface area contributed by atoms with Crippen LogP contribution in [-0.2, 0) is 32.6 Å². The number of H-pyrrole nitrogens is 1. The van der Waals surface area contributed by atoms with Gasteiger partial charge < -0.3 is 19.7 Å². The minimum Gasteiger partial charge on any atom is -0.477 e. The maximum Gasteiger partial charge on any atom is 0.352 e. The molecule has 176 valence electrons. The number of carboxylic acid groups (broad SMARTS) is 1. The number of rotatable bonds is 8. The lowest BCUT2D eigenvalue weighted by Crippen LogP contribution is -2.80. The van der Waals surface area contributed by atoms with Gasteiger partial charge in [0.25, 0.3) is 17.2 Å². The number of hydrogen-bond acceptors (Lipinski definition) is 11. The molecule has 0 bridgehead atoms. The van der Waals surface area contributed by atoms with Gasteiger partial charge in [0.1, 0.15) is 16.1 Å². The van der Waals surface area contributed by atoms with E-state index in [2.05, 4.69) is 20.8 Å². The van der Waals surface area contributed by atoms with Gasteiger partial charge in [0, 0.05) is 25.7 Å². The Labute approximate surface area is 198 Å². The van der Waals surface area contributed by atoms with Crippen LogP contribution in [0.15, 0.2) is 25.7 Å². The van der Waals surface area contributed by atoms with Gasteiger partial charge in [-0.1, -0.05) is 23.4 Å². The molecule has 0 saturated carbocycles. The first-order chi connectivity index (χ1) is 15.7. The number of carbonyl (C=O) groups excluding carboxylic acids is 2. The normalized spacial score (nSPS) is 22.2. The molecular formula is C16H16ClN7O7S2. The molecule has 3 N–H and O–H groups in total. The Morgan fingerprint density at radius 3 is 2.82 bits per heavy atom. The lowest BCUT2D eigenvalue weighted by Gasteiger charge is -2.55. The van der Waals surface area contributed by atoms with E-state index >= 15 is 0 Å². The summed E-state index contributed by atoms with van der Waals surface area (Å²) in [6.07, 6.45) is -0.428. The second-order valence-corrected chi connectivity index (χ2v) is 9.29. The Kier molecular flexibility index (Phi) is 6.26. The summed E-state index contributed by atoms with van der Waals surface area (Å²) in [7, 11) is 2.89. The molecule has 0 aromatic carbocycles. The third-order valence-corrected chi connectivity index (χ3v) is 7.80. The number of halogens is 1. The predicted molar refractivity (Wildman–Crippen MR) is 113 cm³/mol. The van der Waals surface area contributed by atoms with Crippen molar-refractivity contribution in [1.82, 2.24) is 35.6 Å². The topological polar surface area (TPSA) is 186 Å². The fourth-order valence-corrected chi connectivity index (χ4v) is 5.96. The number of amides is 2. The van der Waals surface area contributed by atoms with Crippen molar-refractivity contribution in [2.24, 2.45) is 7.05 Å². The SMILES string of the molecule is CO[C@@]1(NC(=O)Cc2o[nH]c(=O)c2Cl)C(=O)N2C(C(=O)O)=C(CSc3nnnn3C)CS[C@H]21. The zero-order valence-corrected chi connectivity index (χ0v) is 19.4. The van der Waals surface area contributed by atoms with Crippen LogP contribution in [0.25, 0.3) is 0 Å². The van der Waals surface area contributed by atoms with Crippen LogP contribution in [0.3, 0.4) is 0 Å². The summed E-state index contributed by atoms with van der Waals surface area (Å²) in [4.78, 5) is 50.1. The average molecular weight is 518 g/mol. The molecular weight excluding hydrogens is 502 g/mol. The van der Waals surface area contributed by atoms with Gasteiger partial charge in [0.05, 0.1) is 6.42 Å². The number of aryl methyl sites for hydroxylation is 1. The smallest absolute Gasteiger partial charge is 0.352 e. The van der Waals surface area contributed by atoms with Crippen LogP contribution in [-0.4, -0.2) is 82.9 Å². The molecule has 1 fully saturated rings. The molecule has 1 saturated heterocycles. The number of aromatic nitrogens is 5. The van der Waals surface area contributed by atoms with Gasteiger partial charge in [-0.3, -0.25) is 19.3 Å². The van der Waals surface area contributed by atoms with E-state index in [-0.39, 0.29) is 28.0 Å². The number of methoxy groups -OCH3 is 1. The number of β-lactam (4-membered cyclic amide) rings is 1. The van der Waals surface area contributed by atoms with Gasteiger partial charge >= 0.3 is 5.97 Å². The molecule has 2 aromatic rings. The molecule has 4 heterocycles. The fraction of sp³-hybridized carbons (Fsp3) is 0.438. The summed E-state index contributed by atoms with van der Waals surface area (Å²) in [5, 5.41) is 24.8. The predicted octanol–water partition coefficient (Wildman–Crippen LogP) is -0.808. The molecule has 2 atom stereocenters. The highest BCUT2D eigenvalue weighted by atomic mass is 35.5. The van der Waals surface area contributed by atoms with Crippen molar-refractivity contribution in [3.8, 4) is 0 Å². The van der Waals surface area contributed by atoms with Crippen molar-refractivity contribution in [2.75, 3.05) is 18.6 Å². The molecule has 0 radical (unpaired) electrons. The van der Waals surface area contributed by atoms with Crippen LogP contribution in [0.5, 0.6) is 0 Å². The number of aliphatic carboxylic acids is 1. The molecule has 14 nitrogen and oxygen atoms in total. The summed E-state index contributed by atoms with van der Waals surface area (Å²) in [5.41, 5.74) is -2.14.